The topological polar surface area (TPSA) is 41.0 Å². The predicted molar refractivity (Wildman–Crippen MR) is 68.3 cm³/mol. The minimum atomic E-state index is -4.54. The van der Waals surface area contributed by atoms with Crippen molar-refractivity contribution in [1.29, 1.82) is 0 Å². The van der Waals surface area contributed by atoms with Gasteiger partial charge in [-0.15, -0.1) is 0 Å². The van der Waals surface area contributed by atoms with Gasteiger partial charge in [0.2, 0.25) is 5.28 Å². The van der Waals surface area contributed by atoms with Crippen molar-refractivity contribution in [2.45, 2.75) is 25.6 Å². The number of hydrogen-bond acceptors (Lipinski definition) is 4. The van der Waals surface area contributed by atoms with Crippen molar-refractivity contribution in [3.63, 3.8) is 0 Å². The highest BCUT2D eigenvalue weighted by molar-refractivity contribution is 6.28. The fourth-order valence-electron chi connectivity index (χ4n) is 1.12. The van der Waals surface area contributed by atoms with Gasteiger partial charge in [-0.3, -0.25) is 0 Å². The molecule has 0 bridgehead atoms. The summed E-state index contributed by atoms with van der Waals surface area (Å²) in [7, 11) is 3.77. The smallest absolute Gasteiger partial charge is 0.368 e. The lowest BCUT2D eigenvalue weighted by Crippen LogP contribution is -2.44. The van der Waals surface area contributed by atoms with Crippen LogP contribution in [-0.4, -0.2) is 41.0 Å². The van der Waals surface area contributed by atoms with Gasteiger partial charge in [0.05, 0.1) is 0 Å². The van der Waals surface area contributed by atoms with E-state index >= 15 is 0 Å². The van der Waals surface area contributed by atoms with Crippen LogP contribution in [0.25, 0.3) is 0 Å². The Bertz CT molecular complexity index is 446. The molecule has 0 amide bonds. The van der Waals surface area contributed by atoms with E-state index in [1.807, 2.05) is 32.8 Å². The molecule has 0 atom stereocenters. The molecule has 1 N–H and O–H groups in total. The zero-order valence-electron chi connectivity index (χ0n) is 11.1. The van der Waals surface area contributed by atoms with Crippen LogP contribution in [0.1, 0.15) is 19.5 Å². The quantitative estimate of drug-likeness (QED) is 0.868. The van der Waals surface area contributed by atoms with Crippen LogP contribution < -0.4 is 5.32 Å². The van der Waals surface area contributed by atoms with Gasteiger partial charge in [0.1, 0.15) is 5.82 Å². The summed E-state index contributed by atoms with van der Waals surface area (Å²) in [6.07, 6.45) is -4.54. The molecule has 0 aliphatic heterocycles. The predicted octanol–water partition coefficient (Wildman–Crippen LogP) is 2.90. The van der Waals surface area contributed by atoms with Crippen molar-refractivity contribution in [1.82, 2.24) is 14.9 Å². The van der Waals surface area contributed by atoms with E-state index in [1.165, 1.54) is 0 Å². The molecule has 0 saturated carbocycles. The van der Waals surface area contributed by atoms with Gasteiger partial charge in [0.25, 0.3) is 0 Å². The number of aromatic nitrogens is 2. The number of halogens is 4. The van der Waals surface area contributed by atoms with Crippen molar-refractivity contribution in [2.75, 3.05) is 26.0 Å². The highest BCUT2D eigenvalue weighted by atomic mass is 35.5. The molecule has 0 spiro atoms. The summed E-state index contributed by atoms with van der Waals surface area (Å²) in [5, 5.41) is 2.41. The van der Waals surface area contributed by atoms with Crippen molar-refractivity contribution in [3.05, 3.63) is 17.0 Å². The summed E-state index contributed by atoms with van der Waals surface area (Å²) >= 11 is 5.50. The minimum Gasteiger partial charge on any atom is -0.368 e. The molecular formula is C11H16ClF3N4. The largest absolute Gasteiger partial charge is 0.433 e. The number of alkyl halides is 3. The standard InChI is InChI=1S/C11H16ClF3N4/c1-10(2,19(3)4)6-16-8-5-7(11(13,14)15)17-9(12)18-8/h5H,6H2,1-4H3,(H,16,17,18). The van der Waals surface area contributed by atoms with E-state index in [2.05, 4.69) is 15.3 Å². The Labute approximate surface area is 115 Å². The maximum absolute atomic E-state index is 12.6. The molecule has 0 aromatic carbocycles. The van der Waals surface area contributed by atoms with Crippen LogP contribution in [0, 0.1) is 0 Å². The molecule has 1 heterocycles. The number of nitrogens with one attached hydrogen (secondary N) is 1. The zero-order chi connectivity index (χ0) is 14.8. The van der Waals surface area contributed by atoms with Gasteiger partial charge in [-0.1, -0.05) is 0 Å². The Morgan fingerprint density at radius 1 is 1.26 bits per heavy atom. The van der Waals surface area contributed by atoms with E-state index in [-0.39, 0.29) is 11.4 Å². The normalized spacial score (nSPS) is 12.9. The minimum absolute atomic E-state index is 0.0576. The molecule has 4 nitrogen and oxygen atoms in total. The third kappa shape index (κ3) is 4.50. The average Bonchev–Trinajstić information content (AvgIpc) is 2.24. The summed E-state index contributed by atoms with van der Waals surface area (Å²) in [6, 6.07) is 0.845. The molecule has 0 radical (unpaired) electrons. The molecule has 19 heavy (non-hydrogen) atoms. The van der Waals surface area contributed by atoms with Crippen LogP contribution in [0.15, 0.2) is 6.07 Å². The summed E-state index contributed by atoms with van der Waals surface area (Å²) in [6.45, 7) is 4.32. The number of hydrogen-bond donors (Lipinski definition) is 1. The molecule has 1 aromatic heterocycles. The van der Waals surface area contributed by atoms with Crippen molar-refractivity contribution < 1.29 is 13.2 Å². The Hall–Kier alpha value is -1.08. The molecule has 0 saturated heterocycles. The van der Waals surface area contributed by atoms with Crippen LogP contribution >= 0.6 is 11.6 Å². The zero-order valence-corrected chi connectivity index (χ0v) is 11.9. The Balaban J connectivity index is 2.88. The lowest BCUT2D eigenvalue weighted by Gasteiger charge is -2.32. The first-order chi connectivity index (χ1) is 8.52. The number of anilines is 1. The summed E-state index contributed by atoms with van der Waals surface area (Å²) in [5.41, 5.74) is -1.30. The second-order valence-corrected chi connectivity index (χ2v) is 5.30. The summed E-state index contributed by atoms with van der Waals surface area (Å²) in [4.78, 5) is 8.85. The SMILES string of the molecule is CN(C)C(C)(C)CNc1cc(C(F)(F)F)nc(Cl)n1. The second kappa shape index (κ2) is 5.50. The fraction of sp³-hybridized carbons (Fsp3) is 0.636. The molecule has 0 aliphatic carbocycles. The third-order valence-corrected chi connectivity index (χ3v) is 3.07. The lowest BCUT2D eigenvalue weighted by molar-refractivity contribution is -0.141. The molecule has 0 fully saturated rings. The van der Waals surface area contributed by atoms with Crippen LogP contribution in [0.2, 0.25) is 5.28 Å². The molecule has 108 valence electrons. The second-order valence-electron chi connectivity index (χ2n) is 4.97. The molecule has 1 rings (SSSR count). The van der Waals surface area contributed by atoms with E-state index in [0.29, 0.717) is 6.54 Å². The van der Waals surface area contributed by atoms with Crippen molar-refractivity contribution in [3.8, 4) is 0 Å². The number of rotatable bonds is 4. The number of nitrogens with zero attached hydrogens (tertiary/aromatic N) is 3. The highest BCUT2D eigenvalue weighted by Crippen LogP contribution is 2.29. The molecule has 0 unspecified atom stereocenters. The van der Waals surface area contributed by atoms with Crippen LogP contribution in [0.3, 0.4) is 0 Å². The van der Waals surface area contributed by atoms with Gasteiger partial charge in [0, 0.05) is 18.2 Å². The van der Waals surface area contributed by atoms with Crippen molar-refractivity contribution in [2.24, 2.45) is 0 Å². The van der Waals surface area contributed by atoms with E-state index in [9.17, 15) is 13.2 Å². The Kier molecular flexibility index (Phi) is 4.63. The fourth-order valence-corrected chi connectivity index (χ4v) is 1.30. The summed E-state index contributed by atoms with van der Waals surface area (Å²) in [5.74, 6) is 0.0576. The van der Waals surface area contributed by atoms with Gasteiger partial charge in [-0.05, 0) is 39.5 Å². The lowest BCUT2D eigenvalue weighted by atomic mass is 10.0. The molecular weight excluding hydrogens is 281 g/mol. The van der Waals surface area contributed by atoms with E-state index in [1.54, 1.807) is 0 Å². The van der Waals surface area contributed by atoms with E-state index < -0.39 is 17.2 Å². The van der Waals surface area contributed by atoms with Gasteiger partial charge in [-0.2, -0.15) is 13.2 Å². The third-order valence-electron chi connectivity index (χ3n) is 2.90. The van der Waals surface area contributed by atoms with Gasteiger partial charge >= 0.3 is 6.18 Å². The Morgan fingerprint density at radius 3 is 2.32 bits per heavy atom. The first-order valence-corrected chi connectivity index (χ1v) is 5.93. The summed E-state index contributed by atoms with van der Waals surface area (Å²) < 4.78 is 37.7. The maximum Gasteiger partial charge on any atom is 0.433 e. The highest BCUT2D eigenvalue weighted by Gasteiger charge is 2.33. The van der Waals surface area contributed by atoms with Gasteiger partial charge in [-0.25, -0.2) is 9.97 Å². The van der Waals surface area contributed by atoms with Gasteiger partial charge < -0.3 is 10.2 Å². The van der Waals surface area contributed by atoms with Crippen LogP contribution in [0.4, 0.5) is 19.0 Å². The number of likely N-dealkylation sites (N-methyl/N-ethyl adjacent to an activating group) is 1. The maximum atomic E-state index is 12.6. The first-order valence-electron chi connectivity index (χ1n) is 5.55. The first kappa shape index (κ1) is 16.0. The average molecular weight is 297 g/mol. The van der Waals surface area contributed by atoms with E-state index in [4.69, 9.17) is 11.6 Å². The molecule has 1 aromatic rings. The van der Waals surface area contributed by atoms with Crippen LogP contribution in [0.5, 0.6) is 0 Å². The van der Waals surface area contributed by atoms with E-state index in [0.717, 1.165) is 6.07 Å². The van der Waals surface area contributed by atoms with Gasteiger partial charge in [0.15, 0.2) is 5.69 Å². The monoisotopic (exact) mass is 296 g/mol. The Morgan fingerprint density at radius 2 is 1.84 bits per heavy atom. The molecule has 0 aliphatic rings. The van der Waals surface area contributed by atoms with Crippen LogP contribution in [-0.2, 0) is 6.18 Å². The van der Waals surface area contributed by atoms with Crippen molar-refractivity contribution >= 4 is 17.4 Å². The molecule has 8 heteroatoms.